The minimum Gasteiger partial charge on any atom is -0.478 e. The van der Waals surface area contributed by atoms with Crippen LogP contribution in [0.3, 0.4) is 0 Å². The van der Waals surface area contributed by atoms with Gasteiger partial charge in [0.1, 0.15) is 12.7 Å². The van der Waals surface area contributed by atoms with Crippen LogP contribution >= 0.6 is 12.2 Å². The van der Waals surface area contributed by atoms with Gasteiger partial charge in [-0.05, 0) is 30.4 Å². The summed E-state index contributed by atoms with van der Waals surface area (Å²) < 4.78 is 1.64. The first-order valence-electron chi connectivity index (χ1n) is 4.86. The highest BCUT2D eigenvalue weighted by atomic mass is 32.1. The number of anilines is 1. The molecule has 0 radical (unpaired) electrons. The third-order valence-corrected chi connectivity index (χ3v) is 2.31. The van der Waals surface area contributed by atoms with Gasteiger partial charge in [0, 0.05) is 0 Å². The Hall–Kier alpha value is -2.48. The number of carboxylic acid groups (broad SMARTS) is 1. The number of rotatable bonds is 3. The smallest absolute Gasteiger partial charge is 0.337 e. The zero-order valence-corrected chi connectivity index (χ0v) is 9.89. The fourth-order valence-corrected chi connectivity index (χ4v) is 1.56. The van der Waals surface area contributed by atoms with E-state index in [1.165, 1.54) is 18.7 Å². The maximum atomic E-state index is 11.0. The zero-order valence-electron chi connectivity index (χ0n) is 9.07. The van der Waals surface area contributed by atoms with Crippen LogP contribution in [0.4, 0.5) is 5.69 Å². The number of nitrogens with one attached hydrogen (secondary N) is 1. The van der Waals surface area contributed by atoms with Crippen LogP contribution in [-0.4, -0.2) is 31.0 Å². The van der Waals surface area contributed by atoms with E-state index in [2.05, 4.69) is 15.5 Å². The van der Waals surface area contributed by atoms with Gasteiger partial charge in [-0.15, -0.1) is 10.2 Å². The first-order chi connectivity index (χ1) is 8.58. The second kappa shape index (κ2) is 4.80. The molecular formula is C10H9N5O2S. The molecule has 0 amide bonds. The molecule has 0 saturated carbocycles. The molecule has 0 bridgehead atoms. The van der Waals surface area contributed by atoms with Gasteiger partial charge in [0.25, 0.3) is 0 Å². The molecular weight excluding hydrogens is 254 g/mol. The van der Waals surface area contributed by atoms with Gasteiger partial charge in [-0.25, -0.2) is 4.79 Å². The highest BCUT2D eigenvalue weighted by Crippen LogP contribution is 2.20. The number of thiocarbonyl (C=S) groups is 1. The molecule has 2 rings (SSSR count). The fourth-order valence-electron chi connectivity index (χ4n) is 1.45. The summed E-state index contributed by atoms with van der Waals surface area (Å²) >= 11 is 4.71. The number of aromatic carboxylic acids is 1. The molecule has 0 saturated heterocycles. The lowest BCUT2D eigenvalue weighted by atomic mass is 10.1. The van der Waals surface area contributed by atoms with Crippen LogP contribution in [-0.2, 0) is 0 Å². The number of nitrogens with zero attached hydrogens (tertiary/aromatic N) is 3. The lowest BCUT2D eigenvalue weighted by Crippen LogP contribution is -2.20. The molecule has 8 heteroatoms. The van der Waals surface area contributed by atoms with Crippen molar-refractivity contribution in [2.75, 3.05) is 5.32 Å². The van der Waals surface area contributed by atoms with E-state index < -0.39 is 5.97 Å². The third-order valence-electron chi connectivity index (χ3n) is 2.21. The summed E-state index contributed by atoms with van der Waals surface area (Å²) in [5.74, 6) is -1.07. The van der Waals surface area contributed by atoms with Crippen molar-refractivity contribution < 1.29 is 9.90 Å². The Kier molecular flexibility index (Phi) is 3.20. The van der Waals surface area contributed by atoms with Gasteiger partial charge in [-0.3, -0.25) is 4.57 Å². The number of carbonyl (C=O) groups is 1. The molecule has 1 heterocycles. The Labute approximate surface area is 107 Å². The minimum atomic E-state index is -1.07. The molecule has 2 aromatic rings. The highest BCUT2D eigenvalue weighted by molar-refractivity contribution is 7.80. The van der Waals surface area contributed by atoms with Gasteiger partial charge < -0.3 is 16.2 Å². The van der Waals surface area contributed by atoms with Gasteiger partial charge in [0.2, 0.25) is 0 Å². The van der Waals surface area contributed by atoms with Crippen LogP contribution < -0.4 is 11.1 Å². The average molecular weight is 263 g/mol. The quantitative estimate of drug-likeness (QED) is 0.697. The van der Waals surface area contributed by atoms with E-state index in [-0.39, 0.29) is 10.7 Å². The highest BCUT2D eigenvalue weighted by Gasteiger charge is 2.11. The molecule has 0 fully saturated rings. The van der Waals surface area contributed by atoms with Gasteiger partial charge in [0.15, 0.2) is 5.11 Å². The molecule has 1 aromatic heterocycles. The summed E-state index contributed by atoms with van der Waals surface area (Å²) in [7, 11) is 0. The predicted octanol–water partition coefficient (Wildman–Crippen LogP) is 0.621. The first-order valence-corrected chi connectivity index (χ1v) is 5.27. The van der Waals surface area contributed by atoms with Crippen molar-refractivity contribution in [2.24, 2.45) is 5.73 Å². The van der Waals surface area contributed by atoms with Crippen LogP contribution in [0, 0.1) is 0 Å². The van der Waals surface area contributed by atoms with Gasteiger partial charge in [-0.2, -0.15) is 0 Å². The van der Waals surface area contributed by atoms with Crippen molar-refractivity contribution in [3.05, 3.63) is 36.4 Å². The number of carboxylic acids is 1. The monoisotopic (exact) mass is 263 g/mol. The van der Waals surface area contributed by atoms with E-state index in [4.69, 9.17) is 23.1 Å². The summed E-state index contributed by atoms with van der Waals surface area (Å²) in [6.45, 7) is 0. The Morgan fingerprint density at radius 1 is 1.39 bits per heavy atom. The lowest BCUT2D eigenvalue weighted by Gasteiger charge is -2.10. The minimum absolute atomic E-state index is 0.00148. The summed E-state index contributed by atoms with van der Waals surface area (Å²) in [5, 5.41) is 19.0. The molecule has 1 aromatic carbocycles. The van der Waals surface area contributed by atoms with Crippen molar-refractivity contribution >= 4 is 29.0 Å². The Balaban J connectivity index is 2.48. The maximum absolute atomic E-state index is 11.0. The normalized spacial score (nSPS) is 10.0. The summed E-state index contributed by atoms with van der Waals surface area (Å²) in [6.07, 6.45) is 3.00. The van der Waals surface area contributed by atoms with Crippen molar-refractivity contribution in [1.29, 1.82) is 0 Å². The lowest BCUT2D eigenvalue weighted by molar-refractivity contribution is 0.0698. The number of nitrogens with two attached hydrogens (primary N) is 1. The third kappa shape index (κ3) is 2.43. The van der Waals surface area contributed by atoms with Gasteiger partial charge in [0.05, 0.1) is 16.9 Å². The van der Waals surface area contributed by atoms with Crippen LogP contribution in [0.1, 0.15) is 10.4 Å². The fraction of sp³-hybridized carbons (Fsp3) is 0. The largest absolute Gasteiger partial charge is 0.478 e. The number of aromatic nitrogens is 3. The number of hydrogen-bond donors (Lipinski definition) is 3. The second-order valence-electron chi connectivity index (χ2n) is 3.39. The number of hydrogen-bond acceptors (Lipinski definition) is 4. The van der Waals surface area contributed by atoms with Crippen molar-refractivity contribution in [2.45, 2.75) is 0 Å². The van der Waals surface area contributed by atoms with E-state index in [1.807, 2.05) is 0 Å². The molecule has 0 unspecified atom stereocenters. The van der Waals surface area contributed by atoms with Gasteiger partial charge in [-0.1, -0.05) is 0 Å². The van der Waals surface area contributed by atoms with E-state index in [0.29, 0.717) is 11.4 Å². The second-order valence-corrected chi connectivity index (χ2v) is 3.83. The topological polar surface area (TPSA) is 106 Å². The van der Waals surface area contributed by atoms with E-state index in [1.54, 1.807) is 16.7 Å². The average Bonchev–Trinajstić information content (AvgIpc) is 2.81. The molecule has 0 atom stereocenters. The van der Waals surface area contributed by atoms with Crippen LogP contribution in [0.2, 0.25) is 0 Å². The van der Waals surface area contributed by atoms with E-state index in [0.717, 1.165) is 0 Å². The van der Waals surface area contributed by atoms with Crippen molar-refractivity contribution in [3.8, 4) is 5.69 Å². The predicted molar refractivity (Wildman–Crippen MR) is 68.7 cm³/mol. The Morgan fingerprint density at radius 3 is 2.61 bits per heavy atom. The van der Waals surface area contributed by atoms with E-state index >= 15 is 0 Å². The summed E-state index contributed by atoms with van der Waals surface area (Å²) in [4.78, 5) is 11.0. The van der Waals surface area contributed by atoms with Crippen LogP contribution in [0.5, 0.6) is 0 Å². The number of benzene rings is 1. The molecule has 0 aliphatic carbocycles. The Morgan fingerprint density at radius 2 is 2.06 bits per heavy atom. The van der Waals surface area contributed by atoms with Crippen LogP contribution in [0.25, 0.3) is 5.69 Å². The van der Waals surface area contributed by atoms with Crippen LogP contribution in [0.15, 0.2) is 30.9 Å². The summed E-state index contributed by atoms with van der Waals surface area (Å²) in [6, 6.07) is 4.70. The van der Waals surface area contributed by atoms with Gasteiger partial charge >= 0.3 is 5.97 Å². The molecule has 92 valence electrons. The molecule has 7 nitrogen and oxygen atoms in total. The maximum Gasteiger partial charge on any atom is 0.337 e. The molecule has 0 aliphatic rings. The molecule has 0 spiro atoms. The van der Waals surface area contributed by atoms with E-state index in [9.17, 15) is 4.79 Å². The van der Waals surface area contributed by atoms with Crippen molar-refractivity contribution in [3.63, 3.8) is 0 Å². The van der Waals surface area contributed by atoms with Crippen molar-refractivity contribution in [1.82, 2.24) is 14.8 Å². The molecule has 4 N–H and O–H groups in total. The Bertz CT molecular complexity index is 596. The zero-order chi connectivity index (χ0) is 13.1. The summed E-state index contributed by atoms with van der Waals surface area (Å²) in [5.41, 5.74) is 6.46. The SMILES string of the molecule is NC(=S)Nc1cc(-n2cnnc2)ccc1C(=O)O. The first kappa shape index (κ1) is 12.0. The standard InChI is InChI=1S/C10H9N5O2S/c11-10(18)14-8-3-6(15-4-12-13-5-15)1-2-7(8)9(16)17/h1-5H,(H,16,17)(H3,11,14,18). The molecule has 0 aliphatic heterocycles. The molecule has 18 heavy (non-hydrogen) atoms.